The van der Waals surface area contributed by atoms with E-state index in [1.54, 1.807) is 12.3 Å². The minimum absolute atomic E-state index is 0.0476. The summed E-state index contributed by atoms with van der Waals surface area (Å²) in [4.78, 5) is 27.6. The van der Waals surface area contributed by atoms with E-state index < -0.39 is 5.97 Å². The molecule has 0 amide bonds. The van der Waals surface area contributed by atoms with E-state index in [2.05, 4.69) is 24.1 Å². The minimum atomic E-state index is -0.480. The van der Waals surface area contributed by atoms with Crippen LogP contribution in [-0.2, 0) is 4.74 Å². The molecule has 0 fully saturated rings. The van der Waals surface area contributed by atoms with Crippen LogP contribution in [0.4, 0.5) is 0 Å². The van der Waals surface area contributed by atoms with Gasteiger partial charge in [0.1, 0.15) is 0 Å². The summed E-state index contributed by atoms with van der Waals surface area (Å²) in [5.41, 5.74) is 0.209. The smallest absolute Gasteiger partial charge is 0.357 e. The molecule has 1 N–H and O–H groups in total. The maximum Gasteiger partial charge on any atom is 0.357 e. The number of esters is 1. The monoisotopic (exact) mass is 284 g/mol. The number of nitrogens with zero attached hydrogens (tertiary/aromatic N) is 1. The molecule has 106 valence electrons. The highest BCUT2D eigenvalue weighted by Crippen LogP contribution is 2.16. The summed E-state index contributed by atoms with van der Waals surface area (Å²) in [5, 5.41) is 5.05. The van der Waals surface area contributed by atoms with Crippen LogP contribution in [0, 0.1) is 5.92 Å². The van der Waals surface area contributed by atoms with Gasteiger partial charge in [-0.3, -0.25) is 4.79 Å². The molecule has 6 heteroatoms. The van der Waals surface area contributed by atoms with E-state index in [9.17, 15) is 9.59 Å². The quantitative estimate of drug-likeness (QED) is 0.613. The minimum Gasteiger partial charge on any atom is -0.461 e. The summed E-state index contributed by atoms with van der Waals surface area (Å²) in [6.07, 6.45) is 0.379. The molecule has 0 saturated carbocycles. The molecule has 0 spiro atoms. The molecule has 1 unspecified atom stereocenters. The molecule has 0 radical (unpaired) electrons. The third kappa shape index (κ3) is 4.40. The average Bonchev–Trinajstić information content (AvgIpc) is 2.85. The Morgan fingerprint density at radius 1 is 1.47 bits per heavy atom. The van der Waals surface area contributed by atoms with E-state index in [4.69, 9.17) is 4.74 Å². The van der Waals surface area contributed by atoms with Crippen LogP contribution in [0.3, 0.4) is 0 Å². The Labute approximate surface area is 117 Å². The summed E-state index contributed by atoms with van der Waals surface area (Å²) in [6.45, 7) is 6.14. The molecular weight excluding hydrogens is 264 g/mol. The molecule has 0 bridgehead atoms. The number of ketones is 1. The lowest BCUT2D eigenvalue weighted by Crippen LogP contribution is -2.33. The number of rotatable bonds is 7. The maximum absolute atomic E-state index is 12.1. The Morgan fingerprint density at radius 2 is 2.16 bits per heavy atom. The van der Waals surface area contributed by atoms with Gasteiger partial charge in [-0.15, -0.1) is 11.3 Å². The van der Waals surface area contributed by atoms with Crippen molar-refractivity contribution in [1.82, 2.24) is 10.3 Å². The van der Waals surface area contributed by atoms with Gasteiger partial charge in [-0.1, -0.05) is 13.8 Å². The number of thiazole rings is 1. The van der Waals surface area contributed by atoms with E-state index in [1.807, 2.05) is 7.05 Å². The van der Waals surface area contributed by atoms with Crippen molar-refractivity contribution in [2.75, 3.05) is 13.7 Å². The van der Waals surface area contributed by atoms with Crippen molar-refractivity contribution in [3.63, 3.8) is 0 Å². The molecule has 0 aliphatic rings. The van der Waals surface area contributed by atoms with Gasteiger partial charge in [-0.05, 0) is 19.9 Å². The van der Waals surface area contributed by atoms with Crippen molar-refractivity contribution < 1.29 is 14.3 Å². The van der Waals surface area contributed by atoms with Crippen LogP contribution in [0.5, 0.6) is 0 Å². The molecule has 0 saturated heterocycles. The second-order valence-electron chi connectivity index (χ2n) is 4.52. The van der Waals surface area contributed by atoms with Gasteiger partial charge >= 0.3 is 5.97 Å². The number of carbonyl (C=O) groups is 2. The predicted molar refractivity (Wildman–Crippen MR) is 74.7 cm³/mol. The number of carbonyl (C=O) groups excluding carboxylic acids is 2. The van der Waals surface area contributed by atoms with Crippen molar-refractivity contribution in [3.05, 3.63) is 16.1 Å². The molecule has 1 rings (SSSR count). The molecule has 1 aromatic heterocycles. The van der Waals surface area contributed by atoms with Gasteiger partial charge in [0.05, 0.1) is 6.61 Å². The Bertz CT molecular complexity index is 443. The molecular formula is C13H20N2O3S. The fourth-order valence-corrected chi connectivity index (χ4v) is 2.40. The lowest BCUT2D eigenvalue weighted by atomic mass is 9.99. The Balaban J connectivity index is 2.70. The van der Waals surface area contributed by atoms with E-state index in [1.165, 1.54) is 11.3 Å². The third-order valence-electron chi connectivity index (χ3n) is 2.81. The maximum atomic E-state index is 12.1. The zero-order valence-corrected chi connectivity index (χ0v) is 12.5. The highest BCUT2D eigenvalue weighted by molar-refractivity contribution is 7.11. The lowest BCUT2D eigenvalue weighted by molar-refractivity contribution is 0.0520. The van der Waals surface area contributed by atoms with E-state index >= 15 is 0 Å². The Hall–Kier alpha value is -1.27. The molecule has 0 aromatic carbocycles. The standard InChI is InChI=1S/C13H20N2O3S/c1-5-18-13(17)10-7-19-12(15-10)11(16)6-9(14-4)8(2)3/h7-9,14H,5-6H2,1-4H3. The number of hydrogen-bond acceptors (Lipinski definition) is 6. The number of Topliss-reactive ketones (excluding diaryl/α,β-unsaturated/α-hetero) is 1. The van der Waals surface area contributed by atoms with Crippen LogP contribution in [0.15, 0.2) is 5.38 Å². The van der Waals surface area contributed by atoms with Crippen molar-refractivity contribution in [3.8, 4) is 0 Å². The van der Waals surface area contributed by atoms with Gasteiger partial charge in [-0.2, -0.15) is 0 Å². The molecule has 0 aliphatic heterocycles. The van der Waals surface area contributed by atoms with Crippen LogP contribution in [0.25, 0.3) is 0 Å². The summed E-state index contributed by atoms with van der Waals surface area (Å²) >= 11 is 1.19. The number of hydrogen-bond donors (Lipinski definition) is 1. The SMILES string of the molecule is CCOC(=O)c1csc(C(=O)CC(NC)C(C)C)n1. The molecule has 0 aliphatic carbocycles. The fraction of sp³-hybridized carbons (Fsp3) is 0.615. The summed E-state index contributed by atoms with van der Waals surface area (Å²) in [6, 6.07) is 0.113. The largest absolute Gasteiger partial charge is 0.461 e. The number of nitrogens with one attached hydrogen (secondary N) is 1. The Morgan fingerprint density at radius 3 is 2.68 bits per heavy atom. The van der Waals surface area contributed by atoms with Crippen molar-refractivity contribution in [1.29, 1.82) is 0 Å². The zero-order chi connectivity index (χ0) is 14.4. The molecule has 1 aromatic rings. The first-order chi connectivity index (χ1) is 8.99. The van der Waals surface area contributed by atoms with Gasteiger partial charge in [-0.25, -0.2) is 9.78 Å². The van der Waals surface area contributed by atoms with Gasteiger partial charge in [0.25, 0.3) is 0 Å². The summed E-state index contributed by atoms with van der Waals surface area (Å²) < 4.78 is 4.84. The highest BCUT2D eigenvalue weighted by atomic mass is 32.1. The predicted octanol–water partition coefficient (Wildman–Crippen LogP) is 2.14. The Kier molecular flexibility index (Phi) is 6.11. The molecule has 19 heavy (non-hydrogen) atoms. The third-order valence-corrected chi connectivity index (χ3v) is 3.69. The first-order valence-electron chi connectivity index (χ1n) is 6.32. The molecule has 5 nitrogen and oxygen atoms in total. The number of aromatic nitrogens is 1. The van der Waals surface area contributed by atoms with Crippen LogP contribution < -0.4 is 5.32 Å². The van der Waals surface area contributed by atoms with E-state index in [-0.39, 0.29) is 17.5 Å². The van der Waals surface area contributed by atoms with Crippen LogP contribution >= 0.6 is 11.3 Å². The van der Waals surface area contributed by atoms with Gasteiger partial charge in [0.2, 0.25) is 0 Å². The van der Waals surface area contributed by atoms with Crippen molar-refractivity contribution in [2.24, 2.45) is 5.92 Å². The zero-order valence-electron chi connectivity index (χ0n) is 11.7. The van der Waals surface area contributed by atoms with Crippen molar-refractivity contribution in [2.45, 2.75) is 33.2 Å². The van der Waals surface area contributed by atoms with Crippen molar-refractivity contribution >= 4 is 23.1 Å². The molecule has 1 heterocycles. The fourth-order valence-electron chi connectivity index (χ4n) is 1.66. The highest BCUT2D eigenvalue weighted by Gasteiger charge is 2.20. The van der Waals surface area contributed by atoms with Crippen LogP contribution in [0.1, 0.15) is 47.5 Å². The van der Waals surface area contributed by atoms with Gasteiger partial charge in [0.15, 0.2) is 16.5 Å². The first-order valence-corrected chi connectivity index (χ1v) is 7.20. The van der Waals surface area contributed by atoms with Crippen LogP contribution in [0.2, 0.25) is 0 Å². The summed E-state index contributed by atoms with van der Waals surface area (Å²) in [5.74, 6) is -0.168. The second kappa shape index (κ2) is 7.35. The summed E-state index contributed by atoms with van der Waals surface area (Å²) in [7, 11) is 1.84. The van der Waals surface area contributed by atoms with E-state index in [0.717, 1.165) is 0 Å². The van der Waals surface area contributed by atoms with Crippen LogP contribution in [-0.4, -0.2) is 36.4 Å². The normalized spacial score (nSPS) is 12.5. The first kappa shape index (κ1) is 15.8. The number of ether oxygens (including phenoxy) is 1. The second-order valence-corrected chi connectivity index (χ2v) is 5.38. The van der Waals surface area contributed by atoms with Gasteiger partial charge in [0, 0.05) is 17.8 Å². The molecule has 1 atom stereocenters. The van der Waals surface area contributed by atoms with E-state index in [0.29, 0.717) is 24.0 Å². The van der Waals surface area contributed by atoms with Gasteiger partial charge < -0.3 is 10.1 Å². The topological polar surface area (TPSA) is 68.3 Å². The lowest BCUT2D eigenvalue weighted by Gasteiger charge is -2.18. The average molecular weight is 284 g/mol.